The molecule has 0 radical (unpaired) electrons. The average molecular weight is 267 g/mol. The number of rotatable bonds is 2. The van der Waals surface area contributed by atoms with E-state index in [-0.39, 0.29) is 5.91 Å². The van der Waals surface area contributed by atoms with E-state index in [1.807, 2.05) is 29.2 Å². The number of pyridine rings is 2. The summed E-state index contributed by atoms with van der Waals surface area (Å²) in [5, 5.41) is 0. The Labute approximate surface area is 118 Å². The van der Waals surface area contributed by atoms with Crippen LogP contribution in [0, 0.1) is 0 Å². The summed E-state index contributed by atoms with van der Waals surface area (Å²) in [4.78, 5) is 23.1. The van der Waals surface area contributed by atoms with Crippen molar-refractivity contribution in [2.75, 3.05) is 13.1 Å². The number of carbonyl (C=O) groups is 1. The number of piperidine rings is 1. The third kappa shape index (κ3) is 2.54. The number of aromatic nitrogens is 2. The lowest BCUT2D eigenvalue weighted by atomic mass is 10.0. The first kappa shape index (κ1) is 12.8. The van der Waals surface area contributed by atoms with Gasteiger partial charge >= 0.3 is 0 Å². The van der Waals surface area contributed by atoms with Gasteiger partial charge in [-0.3, -0.25) is 14.8 Å². The summed E-state index contributed by atoms with van der Waals surface area (Å²) in [7, 11) is 0. The van der Waals surface area contributed by atoms with Crippen LogP contribution in [-0.4, -0.2) is 33.9 Å². The van der Waals surface area contributed by atoms with Crippen LogP contribution in [-0.2, 0) is 0 Å². The van der Waals surface area contributed by atoms with Gasteiger partial charge in [-0.1, -0.05) is 0 Å². The van der Waals surface area contributed by atoms with Crippen LogP contribution in [0.3, 0.4) is 0 Å². The van der Waals surface area contributed by atoms with E-state index in [0.29, 0.717) is 5.56 Å². The molecule has 1 fully saturated rings. The van der Waals surface area contributed by atoms with E-state index in [4.69, 9.17) is 0 Å². The second kappa shape index (κ2) is 5.82. The van der Waals surface area contributed by atoms with Gasteiger partial charge in [0.05, 0.1) is 11.3 Å². The first-order valence-electron chi connectivity index (χ1n) is 7.01. The lowest BCUT2D eigenvalue weighted by molar-refractivity contribution is 0.0725. The van der Waals surface area contributed by atoms with E-state index < -0.39 is 0 Å². The Morgan fingerprint density at radius 1 is 1.05 bits per heavy atom. The van der Waals surface area contributed by atoms with E-state index in [2.05, 4.69) is 9.97 Å². The average Bonchev–Trinajstić information content (AvgIpc) is 2.56. The Bertz CT molecular complexity index is 592. The molecule has 102 valence electrons. The van der Waals surface area contributed by atoms with Gasteiger partial charge in [-0.15, -0.1) is 0 Å². The zero-order valence-electron chi connectivity index (χ0n) is 11.3. The summed E-state index contributed by atoms with van der Waals surface area (Å²) >= 11 is 0. The highest BCUT2D eigenvalue weighted by molar-refractivity contribution is 5.99. The number of hydrogen-bond donors (Lipinski definition) is 0. The minimum Gasteiger partial charge on any atom is -0.339 e. The molecule has 0 aromatic carbocycles. The topological polar surface area (TPSA) is 46.1 Å². The van der Waals surface area contributed by atoms with Gasteiger partial charge in [0, 0.05) is 37.2 Å². The van der Waals surface area contributed by atoms with Crippen molar-refractivity contribution >= 4 is 5.91 Å². The van der Waals surface area contributed by atoms with Crippen LogP contribution in [0.25, 0.3) is 11.3 Å². The van der Waals surface area contributed by atoms with E-state index in [1.165, 1.54) is 6.42 Å². The second-order valence-electron chi connectivity index (χ2n) is 4.99. The van der Waals surface area contributed by atoms with Crippen molar-refractivity contribution in [1.29, 1.82) is 0 Å². The standard InChI is InChI=1S/C16H17N3O/c20-16(19-10-2-1-3-11-19)14-7-5-9-18-15(14)13-6-4-8-17-12-13/h4-9,12H,1-3,10-11H2. The predicted molar refractivity (Wildman–Crippen MR) is 77.2 cm³/mol. The van der Waals surface area contributed by atoms with Crippen molar-refractivity contribution < 1.29 is 4.79 Å². The van der Waals surface area contributed by atoms with E-state index >= 15 is 0 Å². The van der Waals surface area contributed by atoms with E-state index in [9.17, 15) is 4.79 Å². The monoisotopic (exact) mass is 267 g/mol. The second-order valence-corrected chi connectivity index (χ2v) is 4.99. The molecule has 3 rings (SSSR count). The van der Waals surface area contributed by atoms with Crippen molar-refractivity contribution in [3.8, 4) is 11.3 Å². The van der Waals surface area contributed by atoms with Crippen LogP contribution in [0.5, 0.6) is 0 Å². The molecule has 3 heterocycles. The summed E-state index contributed by atoms with van der Waals surface area (Å²) < 4.78 is 0. The van der Waals surface area contributed by atoms with Gasteiger partial charge in [0.15, 0.2) is 0 Å². The first-order chi connectivity index (χ1) is 9.86. The molecule has 1 saturated heterocycles. The van der Waals surface area contributed by atoms with Crippen molar-refractivity contribution in [2.45, 2.75) is 19.3 Å². The molecule has 0 aliphatic carbocycles. The maximum Gasteiger partial charge on any atom is 0.256 e. The third-order valence-corrected chi connectivity index (χ3v) is 3.62. The van der Waals surface area contributed by atoms with Crippen LogP contribution in [0.15, 0.2) is 42.9 Å². The molecule has 1 aliphatic heterocycles. The smallest absolute Gasteiger partial charge is 0.256 e. The van der Waals surface area contributed by atoms with Crippen LogP contribution >= 0.6 is 0 Å². The largest absolute Gasteiger partial charge is 0.339 e. The Balaban J connectivity index is 1.95. The van der Waals surface area contributed by atoms with Crippen LogP contribution < -0.4 is 0 Å². The Kier molecular flexibility index (Phi) is 3.72. The first-order valence-corrected chi connectivity index (χ1v) is 7.01. The number of carbonyl (C=O) groups excluding carboxylic acids is 1. The summed E-state index contributed by atoms with van der Waals surface area (Å²) in [5.74, 6) is 0.0802. The molecule has 0 spiro atoms. The van der Waals surface area contributed by atoms with Crippen molar-refractivity contribution in [3.63, 3.8) is 0 Å². The lowest BCUT2D eigenvalue weighted by Crippen LogP contribution is -2.35. The Morgan fingerprint density at radius 2 is 1.85 bits per heavy atom. The van der Waals surface area contributed by atoms with E-state index in [1.54, 1.807) is 18.6 Å². The van der Waals surface area contributed by atoms with Gasteiger partial charge in [0.25, 0.3) is 5.91 Å². The molecule has 2 aromatic rings. The van der Waals surface area contributed by atoms with Crippen LogP contribution in [0.2, 0.25) is 0 Å². The van der Waals surface area contributed by atoms with Gasteiger partial charge < -0.3 is 4.90 Å². The molecule has 20 heavy (non-hydrogen) atoms. The molecule has 4 nitrogen and oxygen atoms in total. The molecule has 1 amide bonds. The van der Waals surface area contributed by atoms with Gasteiger partial charge in [0.1, 0.15) is 0 Å². The number of nitrogens with zero attached hydrogens (tertiary/aromatic N) is 3. The van der Waals surface area contributed by atoms with Crippen LogP contribution in [0.4, 0.5) is 0 Å². The van der Waals surface area contributed by atoms with Crippen molar-refractivity contribution in [2.24, 2.45) is 0 Å². The summed E-state index contributed by atoms with van der Waals surface area (Å²) in [6.45, 7) is 1.69. The highest BCUT2D eigenvalue weighted by Gasteiger charge is 2.21. The fourth-order valence-corrected chi connectivity index (χ4v) is 2.58. The highest BCUT2D eigenvalue weighted by Crippen LogP contribution is 2.22. The van der Waals surface area contributed by atoms with E-state index in [0.717, 1.165) is 37.2 Å². The molecular weight excluding hydrogens is 250 g/mol. The molecule has 4 heteroatoms. The highest BCUT2D eigenvalue weighted by atomic mass is 16.2. The number of hydrogen-bond acceptors (Lipinski definition) is 3. The molecule has 0 N–H and O–H groups in total. The minimum absolute atomic E-state index is 0.0802. The fourth-order valence-electron chi connectivity index (χ4n) is 2.58. The minimum atomic E-state index is 0.0802. The van der Waals surface area contributed by atoms with Gasteiger partial charge in [-0.25, -0.2) is 0 Å². The summed E-state index contributed by atoms with van der Waals surface area (Å²) in [6.07, 6.45) is 8.58. The van der Waals surface area contributed by atoms with Gasteiger partial charge in [-0.05, 0) is 43.5 Å². The number of likely N-dealkylation sites (tertiary alicyclic amines) is 1. The van der Waals surface area contributed by atoms with Gasteiger partial charge in [0.2, 0.25) is 0 Å². The van der Waals surface area contributed by atoms with Crippen molar-refractivity contribution in [1.82, 2.24) is 14.9 Å². The maximum absolute atomic E-state index is 12.7. The van der Waals surface area contributed by atoms with Crippen molar-refractivity contribution in [3.05, 3.63) is 48.4 Å². The molecule has 1 aliphatic rings. The Morgan fingerprint density at radius 3 is 2.60 bits per heavy atom. The van der Waals surface area contributed by atoms with Gasteiger partial charge in [-0.2, -0.15) is 0 Å². The maximum atomic E-state index is 12.7. The molecule has 2 aromatic heterocycles. The molecule has 0 saturated carbocycles. The predicted octanol–water partition coefficient (Wildman–Crippen LogP) is 2.77. The summed E-state index contributed by atoms with van der Waals surface area (Å²) in [6, 6.07) is 7.46. The quantitative estimate of drug-likeness (QED) is 0.840. The SMILES string of the molecule is O=C(c1cccnc1-c1cccnc1)N1CCCCC1. The molecule has 0 bridgehead atoms. The normalized spacial score (nSPS) is 15.1. The fraction of sp³-hybridized carbons (Fsp3) is 0.312. The Hall–Kier alpha value is -2.23. The zero-order valence-corrected chi connectivity index (χ0v) is 11.3. The third-order valence-electron chi connectivity index (χ3n) is 3.62. The molecule has 0 unspecified atom stereocenters. The molecule has 0 atom stereocenters. The summed E-state index contributed by atoms with van der Waals surface area (Å²) in [5.41, 5.74) is 2.27. The lowest BCUT2D eigenvalue weighted by Gasteiger charge is -2.27. The molecular formula is C16H17N3O. The zero-order chi connectivity index (χ0) is 13.8. The van der Waals surface area contributed by atoms with Crippen LogP contribution in [0.1, 0.15) is 29.6 Å². The number of amides is 1.